The Hall–Kier alpha value is 0.240. The van der Waals surface area contributed by atoms with Crippen LogP contribution in [0.15, 0.2) is 23.1 Å². The minimum absolute atomic E-state index is 0.0842. The van der Waals surface area contributed by atoms with Gasteiger partial charge in [0.15, 0.2) is 0 Å². The molecular formula is C7H5Cl4NO4S2. The van der Waals surface area contributed by atoms with Crippen LogP contribution in [-0.4, -0.2) is 19.8 Å². The van der Waals surface area contributed by atoms with Gasteiger partial charge >= 0.3 is 3.00 Å². The van der Waals surface area contributed by atoms with E-state index >= 15 is 0 Å². The normalized spacial score (nSPS) is 13.6. The summed E-state index contributed by atoms with van der Waals surface area (Å²) in [5.74, 6) is 0. The zero-order valence-corrected chi connectivity index (χ0v) is 12.9. The number of alkyl halides is 2. The SMILES string of the molecule is NS(=O)(=O)C(Cl)(Cl)S(=O)(=O)c1ccc(Cl)c(Cl)c1. The van der Waals surface area contributed by atoms with Crippen molar-refractivity contribution in [3.8, 4) is 0 Å². The largest absolute Gasteiger partial charge is 0.336 e. The molecular weight excluding hydrogens is 368 g/mol. The number of sulfone groups is 1. The molecule has 5 nitrogen and oxygen atoms in total. The second-order valence-electron chi connectivity index (χ2n) is 3.09. The molecule has 0 spiro atoms. The van der Waals surface area contributed by atoms with Crippen molar-refractivity contribution in [1.29, 1.82) is 0 Å². The van der Waals surface area contributed by atoms with E-state index in [-0.39, 0.29) is 10.0 Å². The smallest absolute Gasteiger partial charge is 0.225 e. The first-order valence-electron chi connectivity index (χ1n) is 4.01. The number of halogens is 4. The van der Waals surface area contributed by atoms with Crippen LogP contribution in [0, 0.1) is 0 Å². The maximum Gasteiger partial charge on any atom is 0.336 e. The van der Waals surface area contributed by atoms with E-state index in [0.29, 0.717) is 0 Å². The Bertz CT molecular complexity index is 683. The molecule has 0 saturated heterocycles. The van der Waals surface area contributed by atoms with Crippen LogP contribution in [0.5, 0.6) is 0 Å². The number of hydrogen-bond acceptors (Lipinski definition) is 4. The van der Waals surface area contributed by atoms with Crippen molar-refractivity contribution in [1.82, 2.24) is 0 Å². The molecule has 18 heavy (non-hydrogen) atoms. The zero-order chi connectivity index (χ0) is 14.4. The third-order valence-corrected chi connectivity index (χ3v) is 8.61. The number of rotatable bonds is 3. The Kier molecular flexibility index (Phi) is 4.50. The standard InChI is InChI=1S/C7H5Cl4NO4S2/c8-5-2-1-4(3-6(5)9)17(13,14)7(10,11)18(12,15)16/h1-3H,(H2,12,15,16). The van der Waals surface area contributed by atoms with Crippen LogP contribution in [0.3, 0.4) is 0 Å². The molecule has 11 heteroatoms. The highest BCUT2D eigenvalue weighted by atomic mass is 35.5. The van der Waals surface area contributed by atoms with Crippen LogP contribution in [0.4, 0.5) is 0 Å². The highest BCUT2D eigenvalue weighted by molar-refractivity contribution is 8.13. The van der Waals surface area contributed by atoms with Crippen LogP contribution in [0.2, 0.25) is 10.0 Å². The number of nitrogens with two attached hydrogens (primary N) is 1. The molecule has 2 N–H and O–H groups in total. The first-order chi connectivity index (χ1) is 7.91. The van der Waals surface area contributed by atoms with Crippen molar-refractivity contribution in [2.24, 2.45) is 5.14 Å². The van der Waals surface area contributed by atoms with Gasteiger partial charge in [-0.3, -0.25) is 0 Å². The molecule has 0 saturated carbocycles. The molecule has 0 aliphatic rings. The second-order valence-corrected chi connectivity index (χ2v) is 10.2. The Balaban J connectivity index is 3.53. The number of benzene rings is 1. The predicted octanol–water partition coefficient (Wildman–Crippen LogP) is 2.14. The van der Waals surface area contributed by atoms with Gasteiger partial charge in [-0.05, 0) is 18.2 Å². The van der Waals surface area contributed by atoms with E-state index in [2.05, 4.69) is 5.14 Å². The summed E-state index contributed by atoms with van der Waals surface area (Å²) in [6.07, 6.45) is 0. The lowest BCUT2D eigenvalue weighted by Crippen LogP contribution is -2.40. The average molecular weight is 373 g/mol. The Labute approximate surface area is 124 Å². The highest BCUT2D eigenvalue weighted by Gasteiger charge is 2.51. The average Bonchev–Trinajstić information content (AvgIpc) is 2.20. The highest BCUT2D eigenvalue weighted by Crippen LogP contribution is 2.38. The molecule has 0 bridgehead atoms. The first kappa shape index (κ1) is 16.3. The van der Waals surface area contributed by atoms with E-state index in [4.69, 9.17) is 46.4 Å². The maximum absolute atomic E-state index is 11.9. The van der Waals surface area contributed by atoms with Crippen LogP contribution in [0.1, 0.15) is 0 Å². The fraction of sp³-hybridized carbons (Fsp3) is 0.143. The molecule has 102 valence electrons. The topological polar surface area (TPSA) is 94.3 Å². The molecule has 1 rings (SSSR count). The molecule has 1 aromatic rings. The van der Waals surface area contributed by atoms with Gasteiger partial charge in [-0.25, -0.2) is 22.0 Å². The van der Waals surface area contributed by atoms with E-state index in [0.717, 1.165) is 18.2 Å². The van der Waals surface area contributed by atoms with Gasteiger partial charge in [-0.1, -0.05) is 46.4 Å². The molecule has 0 fully saturated rings. The van der Waals surface area contributed by atoms with Crippen molar-refractivity contribution >= 4 is 66.3 Å². The third-order valence-electron chi connectivity index (χ3n) is 1.85. The van der Waals surface area contributed by atoms with E-state index in [1.54, 1.807) is 0 Å². The minimum atomic E-state index is -4.76. The summed E-state index contributed by atoms with van der Waals surface area (Å²) < 4.78 is 42.9. The Morgan fingerprint density at radius 3 is 1.89 bits per heavy atom. The first-order valence-corrected chi connectivity index (χ1v) is 8.55. The maximum atomic E-state index is 11.9. The fourth-order valence-electron chi connectivity index (χ4n) is 0.934. The lowest BCUT2D eigenvalue weighted by molar-refractivity contribution is 0.582. The third kappa shape index (κ3) is 2.72. The number of sulfonamides is 1. The molecule has 0 atom stereocenters. The molecule has 0 aliphatic carbocycles. The molecule has 0 unspecified atom stereocenters. The lowest BCUT2D eigenvalue weighted by Gasteiger charge is -2.17. The van der Waals surface area contributed by atoms with Crippen molar-refractivity contribution in [3.63, 3.8) is 0 Å². The molecule has 0 heterocycles. The summed E-state index contributed by atoms with van der Waals surface area (Å²) in [6.45, 7) is 0. The summed E-state index contributed by atoms with van der Waals surface area (Å²) in [5.41, 5.74) is 0. The Morgan fingerprint density at radius 1 is 1.00 bits per heavy atom. The van der Waals surface area contributed by atoms with Gasteiger partial charge in [0, 0.05) is 0 Å². The van der Waals surface area contributed by atoms with Crippen molar-refractivity contribution < 1.29 is 16.8 Å². The van der Waals surface area contributed by atoms with Crippen molar-refractivity contribution in [2.45, 2.75) is 7.89 Å². The van der Waals surface area contributed by atoms with Gasteiger partial charge in [0.1, 0.15) is 0 Å². The number of primary sulfonamides is 1. The molecule has 1 aromatic carbocycles. The van der Waals surface area contributed by atoms with Crippen molar-refractivity contribution in [3.05, 3.63) is 28.2 Å². The predicted molar refractivity (Wildman–Crippen MR) is 71.2 cm³/mol. The summed E-state index contributed by atoms with van der Waals surface area (Å²) >= 11 is 21.9. The quantitative estimate of drug-likeness (QED) is 0.822. The molecule has 0 aliphatic heterocycles. The van der Waals surface area contributed by atoms with Gasteiger partial charge < -0.3 is 0 Å². The van der Waals surface area contributed by atoms with Gasteiger partial charge in [-0.15, -0.1) is 0 Å². The van der Waals surface area contributed by atoms with E-state index < -0.39 is 27.8 Å². The summed E-state index contributed by atoms with van der Waals surface area (Å²) in [4.78, 5) is -0.518. The molecule has 0 radical (unpaired) electrons. The summed E-state index contributed by atoms with van der Waals surface area (Å²) in [5, 5.41) is 4.66. The fourth-order valence-corrected chi connectivity index (χ4v) is 4.14. The minimum Gasteiger partial charge on any atom is -0.225 e. The summed E-state index contributed by atoms with van der Waals surface area (Å²) in [6, 6.07) is 3.09. The lowest BCUT2D eigenvalue weighted by atomic mass is 10.4. The van der Waals surface area contributed by atoms with Crippen LogP contribution in [-0.2, 0) is 19.9 Å². The van der Waals surface area contributed by atoms with Gasteiger partial charge in [-0.2, -0.15) is 0 Å². The molecule has 0 amide bonds. The van der Waals surface area contributed by atoms with E-state index in [1.165, 1.54) is 0 Å². The van der Waals surface area contributed by atoms with Crippen molar-refractivity contribution in [2.75, 3.05) is 0 Å². The van der Waals surface area contributed by atoms with Gasteiger partial charge in [0.05, 0.1) is 14.9 Å². The molecule has 0 aromatic heterocycles. The number of hydrogen-bond donors (Lipinski definition) is 1. The van der Waals surface area contributed by atoms with Crippen LogP contribution < -0.4 is 5.14 Å². The van der Waals surface area contributed by atoms with Gasteiger partial charge in [0.25, 0.3) is 10.0 Å². The Morgan fingerprint density at radius 2 is 1.50 bits per heavy atom. The zero-order valence-electron chi connectivity index (χ0n) is 8.27. The van der Waals surface area contributed by atoms with E-state index in [9.17, 15) is 16.8 Å². The van der Waals surface area contributed by atoms with E-state index in [1.807, 2.05) is 0 Å². The monoisotopic (exact) mass is 371 g/mol. The van der Waals surface area contributed by atoms with Crippen LogP contribution >= 0.6 is 46.4 Å². The van der Waals surface area contributed by atoms with Crippen LogP contribution in [0.25, 0.3) is 0 Å². The second kappa shape index (κ2) is 4.97. The summed E-state index contributed by atoms with van der Waals surface area (Å²) in [7, 11) is -9.43. The van der Waals surface area contributed by atoms with Gasteiger partial charge in [0.2, 0.25) is 9.84 Å².